The highest BCUT2D eigenvalue weighted by Crippen LogP contribution is 2.29. The fourth-order valence-corrected chi connectivity index (χ4v) is 4.17. The van der Waals surface area contributed by atoms with Gasteiger partial charge in [-0.25, -0.2) is 13.4 Å². The number of nitro benzene ring substituents is 1. The van der Waals surface area contributed by atoms with Crippen LogP contribution in [0.15, 0.2) is 51.3 Å². The van der Waals surface area contributed by atoms with Gasteiger partial charge in [0, 0.05) is 20.2 Å². The number of ether oxygens (including phenoxy) is 1. The molecule has 0 unspecified atom stereocenters. The number of carbonyl (C=O) groups is 1. The fraction of sp³-hybridized carbons (Fsp3) is 0.222. The van der Waals surface area contributed by atoms with Gasteiger partial charge in [0.15, 0.2) is 0 Å². The van der Waals surface area contributed by atoms with Gasteiger partial charge in [-0.3, -0.25) is 14.9 Å². The van der Waals surface area contributed by atoms with Crippen LogP contribution in [-0.4, -0.2) is 44.9 Å². The van der Waals surface area contributed by atoms with Crippen LogP contribution in [0.4, 0.5) is 11.4 Å². The Morgan fingerprint density at radius 2 is 2.13 bits per heavy atom. The second kappa shape index (κ2) is 9.24. The highest BCUT2D eigenvalue weighted by molar-refractivity contribution is 7.89. The number of rotatable bonds is 9. The molecule has 2 heterocycles. The molecule has 13 heteroatoms. The zero-order valence-electron chi connectivity index (χ0n) is 16.5. The first-order chi connectivity index (χ1) is 14.7. The largest absolute Gasteiger partial charge is 0.458 e. The molecule has 0 atom stereocenters. The quantitative estimate of drug-likeness (QED) is 0.285. The first-order valence-electron chi connectivity index (χ1n) is 8.76. The predicted octanol–water partition coefficient (Wildman–Crippen LogP) is 2.40. The van der Waals surface area contributed by atoms with Gasteiger partial charge in [0.25, 0.3) is 5.69 Å². The molecule has 11 nitrogen and oxygen atoms in total. The van der Waals surface area contributed by atoms with Crippen molar-refractivity contribution in [3.63, 3.8) is 0 Å². The predicted molar refractivity (Wildman–Crippen MR) is 112 cm³/mol. The molecule has 0 radical (unpaired) electrons. The lowest BCUT2D eigenvalue weighted by Gasteiger charge is -2.13. The number of carbonyl (C=O) groups excluding carboxylic acids is 1. The van der Waals surface area contributed by atoms with Crippen molar-refractivity contribution in [1.29, 1.82) is 0 Å². The molecule has 0 saturated heterocycles. The summed E-state index contributed by atoms with van der Waals surface area (Å²) in [7, 11) is -0.968. The van der Waals surface area contributed by atoms with Crippen LogP contribution in [0.5, 0.6) is 0 Å². The van der Waals surface area contributed by atoms with Gasteiger partial charge in [-0.15, -0.1) is 11.3 Å². The molecule has 31 heavy (non-hydrogen) atoms. The number of nitrogens with zero attached hydrogens (tertiary/aromatic N) is 3. The molecule has 3 aromatic rings. The molecule has 0 saturated carbocycles. The maximum atomic E-state index is 12.4. The van der Waals surface area contributed by atoms with E-state index in [0.717, 1.165) is 10.9 Å². The minimum absolute atomic E-state index is 0.196. The van der Waals surface area contributed by atoms with Crippen LogP contribution in [0.25, 0.3) is 10.8 Å². The lowest BCUT2D eigenvalue weighted by molar-refractivity contribution is -0.384. The number of esters is 1. The summed E-state index contributed by atoms with van der Waals surface area (Å²) in [5.41, 5.74) is 0.246. The summed E-state index contributed by atoms with van der Waals surface area (Å²) in [4.78, 5) is 28.7. The van der Waals surface area contributed by atoms with E-state index in [1.165, 1.54) is 34.6 Å². The Morgan fingerprint density at radius 3 is 2.77 bits per heavy atom. The van der Waals surface area contributed by atoms with Crippen molar-refractivity contribution in [1.82, 2.24) is 9.71 Å². The Morgan fingerprint density at radius 1 is 1.35 bits per heavy atom. The lowest BCUT2D eigenvalue weighted by atomic mass is 10.2. The minimum atomic E-state index is -4.17. The molecule has 1 N–H and O–H groups in total. The standard InChI is InChI=1S/C18H18N4O7S2/c1-21(2)14-6-5-13(8-15(14)22(24)25)31(26,27)19-9-17(23)28-10-12-11-29-18(20-12)16-4-3-7-30-16/h3-8,11,19H,9-10H2,1-2H3. The minimum Gasteiger partial charge on any atom is -0.458 e. The number of oxazole rings is 1. The molecule has 0 amide bonds. The van der Waals surface area contributed by atoms with Gasteiger partial charge in [-0.1, -0.05) is 6.07 Å². The monoisotopic (exact) mass is 466 g/mol. The molecule has 3 rings (SSSR count). The first-order valence-corrected chi connectivity index (χ1v) is 11.1. The van der Waals surface area contributed by atoms with E-state index >= 15 is 0 Å². The second-order valence-corrected chi connectivity index (χ2v) is 9.12. The van der Waals surface area contributed by atoms with Crippen LogP contribution in [0.1, 0.15) is 5.69 Å². The summed E-state index contributed by atoms with van der Waals surface area (Å²) in [6.45, 7) is -0.848. The van der Waals surface area contributed by atoms with E-state index in [1.807, 2.05) is 17.5 Å². The second-order valence-electron chi connectivity index (χ2n) is 6.41. The Kier molecular flexibility index (Phi) is 6.68. The summed E-state index contributed by atoms with van der Waals surface area (Å²) in [5, 5.41) is 13.1. The average Bonchev–Trinajstić information content (AvgIpc) is 3.42. The molecule has 0 fully saturated rings. The van der Waals surface area contributed by atoms with Gasteiger partial charge >= 0.3 is 5.97 Å². The smallest absolute Gasteiger partial charge is 0.321 e. The fourth-order valence-electron chi connectivity index (χ4n) is 2.52. The van der Waals surface area contributed by atoms with Crippen LogP contribution in [0.2, 0.25) is 0 Å². The number of sulfonamides is 1. The van der Waals surface area contributed by atoms with E-state index in [1.54, 1.807) is 14.1 Å². The Labute approximate surface area is 181 Å². The molecular formula is C18H18N4O7S2. The number of nitrogens with one attached hydrogen (secondary N) is 1. The van der Waals surface area contributed by atoms with E-state index in [9.17, 15) is 23.3 Å². The summed E-state index contributed by atoms with van der Waals surface area (Å²) >= 11 is 1.44. The molecule has 164 valence electrons. The Bertz CT molecular complexity index is 1190. The van der Waals surface area contributed by atoms with Crippen LogP contribution < -0.4 is 9.62 Å². The van der Waals surface area contributed by atoms with Crippen molar-refractivity contribution in [2.24, 2.45) is 0 Å². The van der Waals surface area contributed by atoms with Gasteiger partial charge in [-0.05, 0) is 23.6 Å². The molecule has 0 bridgehead atoms. The normalized spacial score (nSPS) is 11.3. The Hall–Kier alpha value is -3.29. The number of thiophene rings is 1. The summed E-state index contributed by atoms with van der Waals surface area (Å²) in [6.07, 6.45) is 1.35. The third kappa shape index (κ3) is 5.45. The van der Waals surface area contributed by atoms with Gasteiger partial charge in [-0.2, -0.15) is 4.72 Å². The van der Waals surface area contributed by atoms with Crippen LogP contribution in [0.3, 0.4) is 0 Å². The van der Waals surface area contributed by atoms with Gasteiger partial charge in [0.05, 0.1) is 14.7 Å². The molecule has 0 aliphatic rings. The van der Waals surface area contributed by atoms with E-state index < -0.39 is 27.5 Å². The number of anilines is 1. The number of nitro groups is 1. The van der Waals surface area contributed by atoms with Crippen molar-refractivity contribution in [2.45, 2.75) is 11.5 Å². The van der Waals surface area contributed by atoms with Gasteiger partial charge < -0.3 is 14.1 Å². The summed E-state index contributed by atoms with van der Waals surface area (Å²) in [6, 6.07) is 7.15. The first kappa shape index (κ1) is 22.4. The average molecular weight is 466 g/mol. The zero-order chi connectivity index (χ0) is 22.6. The third-order valence-electron chi connectivity index (χ3n) is 4.01. The van der Waals surface area contributed by atoms with E-state index in [4.69, 9.17) is 9.15 Å². The maximum absolute atomic E-state index is 12.4. The summed E-state index contributed by atoms with van der Waals surface area (Å²) in [5.74, 6) is -0.451. The van der Waals surface area contributed by atoms with E-state index in [0.29, 0.717) is 11.6 Å². The van der Waals surface area contributed by atoms with Crippen LogP contribution in [-0.2, 0) is 26.2 Å². The number of hydrogen-bond acceptors (Lipinski definition) is 10. The highest BCUT2D eigenvalue weighted by atomic mass is 32.2. The highest BCUT2D eigenvalue weighted by Gasteiger charge is 2.23. The number of benzene rings is 1. The van der Waals surface area contributed by atoms with Crippen LogP contribution in [0, 0.1) is 10.1 Å². The maximum Gasteiger partial charge on any atom is 0.321 e. The zero-order valence-corrected chi connectivity index (χ0v) is 18.1. The van der Waals surface area contributed by atoms with Crippen molar-refractivity contribution in [2.75, 3.05) is 25.5 Å². The summed E-state index contributed by atoms with van der Waals surface area (Å²) < 4.78 is 37.2. The number of aromatic nitrogens is 1. The molecule has 0 aliphatic heterocycles. The molecule has 0 spiro atoms. The molecule has 0 aliphatic carbocycles. The Balaban J connectivity index is 1.59. The van der Waals surface area contributed by atoms with Gasteiger partial charge in [0.1, 0.15) is 30.8 Å². The van der Waals surface area contributed by atoms with Crippen molar-refractivity contribution < 1.29 is 27.3 Å². The van der Waals surface area contributed by atoms with Gasteiger partial charge in [0.2, 0.25) is 15.9 Å². The van der Waals surface area contributed by atoms with Crippen LogP contribution >= 0.6 is 11.3 Å². The van der Waals surface area contributed by atoms with E-state index in [-0.39, 0.29) is 22.9 Å². The lowest BCUT2D eigenvalue weighted by Crippen LogP contribution is -2.30. The van der Waals surface area contributed by atoms with Crippen molar-refractivity contribution in [3.8, 4) is 10.8 Å². The van der Waals surface area contributed by atoms with Crippen molar-refractivity contribution in [3.05, 3.63) is 57.8 Å². The topological polar surface area (TPSA) is 145 Å². The molecular weight excluding hydrogens is 448 g/mol. The third-order valence-corrected chi connectivity index (χ3v) is 6.26. The van der Waals surface area contributed by atoms with E-state index in [2.05, 4.69) is 9.71 Å². The molecule has 2 aromatic heterocycles. The number of hydrogen-bond donors (Lipinski definition) is 1. The SMILES string of the molecule is CN(C)c1ccc(S(=O)(=O)NCC(=O)OCc2coc(-c3cccs3)n2)cc1[N+](=O)[O-]. The van der Waals surface area contributed by atoms with Crippen molar-refractivity contribution >= 4 is 38.7 Å². The molecule has 1 aromatic carbocycles.